The summed E-state index contributed by atoms with van der Waals surface area (Å²) in [7, 11) is 0. The van der Waals surface area contributed by atoms with E-state index < -0.39 is 0 Å². The van der Waals surface area contributed by atoms with E-state index in [1.807, 2.05) is 0 Å². The molecule has 0 aromatic rings. The van der Waals surface area contributed by atoms with Gasteiger partial charge in [-0.15, -0.1) is 0 Å². The molecular weight excluding hydrogens is 274 g/mol. The Morgan fingerprint density at radius 2 is 1.95 bits per heavy atom. The Hall–Kier alpha value is -0.770. The fourth-order valence-electron chi connectivity index (χ4n) is 4.74. The Morgan fingerprint density at radius 1 is 1.23 bits per heavy atom. The summed E-state index contributed by atoms with van der Waals surface area (Å²) in [6, 6.07) is 0.481. The summed E-state index contributed by atoms with van der Waals surface area (Å²) >= 11 is 0. The fraction of sp³-hybridized carbons (Fsp3) is 0.944. The van der Waals surface area contributed by atoms with Crippen LogP contribution in [0.4, 0.5) is 0 Å². The van der Waals surface area contributed by atoms with Crippen molar-refractivity contribution >= 4 is 5.96 Å². The molecule has 2 N–H and O–H groups in total. The van der Waals surface area contributed by atoms with Crippen molar-refractivity contribution in [3.63, 3.8) is 0 Å². The van der Waals surface area contributed by atoms with Gasteiger partial charge in [0, 0.05) is 37.1 Å². The van der Waals surface area contributed by atoms with Crippen molar-refractivity contribution in [3.05, 3.63) is 0 Å². The van der Waals surface area contributed by atoms with Crippen molar-refractivity contribution in [3.8, 4) is 0 Å². The van der Waals surface area contributed by atoms with Crippen molar-refractivity contribution in [1.29, 1.82) is 0 Å². The van der Waals surface area contributed by atoms with Gasteiger partial charge in [0.2, 0.25) is 0 Å². The van der Waals surface area contributed by atoms with E-state index in [0.29, 0.717) is 23.5 Å². The first-order valence-electron chi connectivity index (χ1n) is 9.13. The molecular formula is C18H33N3O. The van der Waals surface area contributed by atoms with E-state index in [-0.39, 0.29) is 5.41 Å². The fourth-order valence-corrected chi connectivity index (χ4v) is 4.74. The molecule has 4 nitrogen and oxygen atoms in total. The molecule has 3 unspecified atom stereocenters. The minimum absolute atomic E-state index is 0.203. The molecule has 0 radical (unpaired) electrons. The third-order valence-electron chi connectivity index (χ3n) is 6.17. The highest BCUT2D eigenvalue weighted by Crippen LogP contribution is 2.52. The van der Waals surface area contributed by atoms with Crippen molar-refractivity contribution in [2.75, 3.05) is 19.7 Å². The SMILES string of the molecule is CCNC(=NCC1(C)CCCC1)NC1C2CCOC2C1(C)C. The second kappa shape index (κ2) is 6.03. The number of aliphatic imine (C=N–C) groups is 1. The van der Waals surface area contributed by atoms with Crippen molar-refractivity contribution in [2.24, 2.45) is 21.7 Å². The molecule has 2 aliphatic carbocycles. The van der Waals surface area contributed by atoms with Gasteiger partial charge in [0.15, 0.2) is 5.96 Å². The van der Waals surface area contributed by atoms with E-state index in [0.717, 1.165) is 25.7 Å². The molecule has 0 amide bonds. The van der Waals surface area contributed by atoms with Crippen LogP contribution in [-0.4, -0.2) is 37.8 Å². The second-order valence-corrected chi connectivity index (χ2v) is 8.40. The van der Waals surface area contributed by atoms with E-state index >= 15 is 0 Å². The first-order chi connectivity index (χ1) is 10.5. The van der Waals surface area contributed by atoms with E-state index in [4.69, 9.17) is 9.73 Å². The van der Waals surface area contributed by atoms with E-state index in [1.165, 1.54) is 32.1 Å². The average Bonchev–Trinajstić information content (AvgIpc) is 3.10. The lowest BCUT2D eigenvalue weighted by atomic mass is 9.57. The molecule has 1 aliphatic heterocycles. The highest BCUT2D eigenvalue weighted by Gasteiger charge is 2.59. The van der Waals surface area contributed by atoms with Gasteiger partial charge in [-0.1, -0.05) is 33.6 Å². The molecule has 0 spiro atoms. The van der Waals surface area contributed by atoms with Gasteiger partial charge in [0.05, 0.1) is 6.10 Å². The maximum absolute atomic E-state index is 5.90. The number of ether oxygens (including phenoxy) is 1. The number of hydrogen-bond donors (Lipinski definition) is 2. The van der Waals surface area contributed by atoms with E-state index in [9.17, 15) is 0 Å². The van der Waals surface area contributed by atoms with Crippen LogP contribution in [-0.2, 0) is 4.74 Å². The normalized spacial score (nSPS) is 35.8. The third kappa shape index (κ3) is 2.86. The molecule has 0 bridgehead atoms. The van der Waals surface area contributed by atoms with Crippen LogP contribution in [0.5, 0.6) is 0 Å². The smallest absolute Gasteiger partial charge is 0.191 e. The predicted molar refractivity (Wildman–Crippen MR) is 91.1 cm³/mol. The first kappa shape index (κ1) is 16.1. The summed E-state index contributed by atoms with van der Waals surface area (Å²) in [5.74, 6) is 1.65. The molecule has 4 heteroatoms. The van der Waals surface area contributed by atoms with Gasteiger partial charge in [-0.3, -0.25) is 4.99 Å². The molecule has 126 valence electrons. The van der Waals surface area contributed by atoms with Crippen LogP contribution in [0.25, 0.3) is 0 Å². The quantitative estimate of drug-likeness (QED) is 0.620. The lowest BCUT2D eigenvalue weighted by Crippen LogP contribution is -2.68. The van der Waals surface area contributed by atoms with Gasteiger partial charge in [0.1, 0.15) is 0 Å². The topological polar surface area (TPSA) is 45.7 Å². The lowest BCUT2D eigenvalue weighted by Gasteiger charge is -2.55. The molecule has 0 aromatic heterocycles. The third-order valence-corrected chi connectivity index (χ3v) is 6.17. The number of nitrogens with zero attached hydrogens (tertiary/aromatic N) is 1. The monoisotopic (exact) mass is 307 g/mol. The molecule has 3 aliphatic rings. The highest BCUT2D eigenvalue weighted by molar-refractivity contribution is 5.80. The Labute approximate surface area is 135 Å². The second-order valence-electron chi connectivity index (χ2n) is 8.40. The standard InChI is InChI=1S/C18H33N3O/c1-5-19-16(20-12-18(4)9-6-7-10-18)21-14-13-8-11-22-15(13)17(14,2)3/h13-15H,5-12H2,1-4H3,(H2,19,20,21). The van der Waals surface area contributed by atoms with Crippen LogP contribution < -0.4 is 10.6 Å². The van der Waals surface area contributed by atoms with Gasteiger partial charge in [-0.25, -0.2) is 0 Å². The number of guanidine groups is 1. The largest absolute Gasteiger partial charge is 0.377 e. The first-order valence-corrected chi connectivity index (χ1v) is 9.13. The summed E-state index contributed by atoms with van der Waals surface area (Å²) < 4.78 is 5.90. The summed E-state index contributed by atoms with van der Waals surface area (Å²) in [4.78, 5) is 4.92. The summed E-state index contributed by atoms with van der Waals surface area (Å²) in [5.41, 5.74) is 0.616. The average molecular weight is 307 g/mol. The molecule has 3 atom stereocenters. The Bertz CT molecular complexity index is 426. The van der Waals surface area contributed by atoms with Gasteiger partial charge in [-0.2, -0.15) is 0 Å². The summed E-state index contributed by atoms with van der Waals surface area (Å²) in [5, 5.41) is 7.15. The highest BCUT2D eigenvalue weighted by atomic mass is 16.5. The van der Waals surface area contributed by atoms with Crippen LogP contribution in [0, 0.1) is 16.7 Å². The van der Waals surface area contributed by atoms with Crippen LogP contribution in [0.3, 0.4) is 0 Å². The van der Waals surface area contributed by atoms with Gasteiger partial charge in [0.25, 0.3) is 0 Å². The van der Waals surface area contributed by atoms with Crippen LogP contribution in [0.15, 0.2) is 4.99 Å². The number of hydrogen-bond acceptors (Lipinski definition) is 2. The molecule has 1 saturated heterocycles. The van der Waals surface area contributed by atoms with Crippen molar-refractivity contribution < 1.29 is 4.74 Å². The zero-order valence-corrected chi connectivity index (χ0v) is 14.7. The maximum Gasteiger partial charge on any atom is 0.191 e. The van der Waals surface area contributed by atoms with Crippen LogP contribution in [0.2, 0.25) is 0 Å². The van der Waals surface area contributed by atoms with Crippen molar-refractivity contribution in [2.45, 2.75) is 71.9 Å². The maximum atomic E-state index is 5.90. The predicted octanol–water partition coefficient (Wildman–Crippen LogP) is 2.94. The molecule has 1 heterocycles. The molecule has 3 rings (SSSR count). The van der Waals surface area contributed by atoms with Crippen LogP contribution >= 0.6 is 0 Å². The number of fused-ring (bicyclic) bond motifs is 1. The Kier molecular flexibility index (Phi) is 4.41. The summed E-state index contributed by atoms with van der Waals surface area (Å²) in [6.45, 7) is 11.9. The number of nitrogens with one attached hydrogen (secondary N) is 2. The van der Waals surface area contributed by atoms with Gasteiger partial charge >= 0.3 is 0 Å². The molecule has 22 heavy (non-hydrogen) atoms. The minimum Gasteiger partial charge on any atom is -0.377 e. The minimum atomic E-state index is 0.203. The number of rotatable bonds is 4. The molecule has 0 aromatic carbocycles. The van der Waals surface area contributed by atoms with Gasteiger partial charge in [-0.05, 0) is 31.6 Å². The summed E-state index contributed by atoms with van der Waals surface area (Å²) in [6.07, 6.45) is 7.00. The molecule has 2 saturated carbocycles. The van der Waals surface area contributed by atoms with Crippen LogP contribution in [0.1, 0.15) is 59.8 Å². The van der Waals surface area contributed by atoms with Crippen molar-refractivity contribution in [1.82, 2.24) is 10.6 Å². The Balaban J connectivity index is 1.64. The van der Waals surface area contributed by atoms with E-state index in [1.54, 1.807) is 0 Å². The van der Waals surface area contributed by atoms with E-state index in [2.05, 4.69) is 38.3 Å². The zero-order valence-electron chi connectivity index (χ0n) is 14.7. The Morgan fingerprint density at radius 3 is 2.64 bits per heavy atom. The zero-order chi connectivity index (χ0) is 15.8. The van der Waals surface area contributed by atoms with Gasteiger partial charge < -0.3 is 15.4 Å². The lowest BCUT2D eigenvalue weighted by molar-refractivity contribution is -0.106. The molecule has 3 fully saturated rings.